The van der Waals surface area contributed by atoms with Crippen molar-refractivity contribution in [3.05, 3.63) is 11.1 Å². The molecule has 0 aromatic heterocycles. The van der Waals surface area contributed by atoms with E-state index in [1.54, 1.807) is 18.1 Å². The Hall–Kier alpha value is -1.12. The zero-order valence-electron chi connectivity index (χ0n) is 21.7. The quantitative estimate of drug-likeness (QED) is 0.255. The van der Waals surface area contributed by atoms with Crippen molar-refractivity contribution >= 4 is 12.3 Å². The second-order valence-electron chi connectivity index (χ2n) is 13.0. The average Bonchev–Trinajstić information content (AvgIpc) is 3.00. The normalized spacial score (nSPS) is 43.7. The molecule has 0 spiro atoms. The van der Waals surface area contributed by atoms with Crippen molar-refractivity contribution in [2.75, 3.05) is 0 Å². The predicted octanol–water partition coefficient (Wildman–Crippen LogP) is 7.28. The van der Waals surface area contributed by atoms with Gasteiger partial charge in [0.1, 0.15) is 12.4 Å². The minimum Gasteiger partial charge on any atom is -0.462 e. The molecule has 0 aliphatic heterocycles. The van der Waals surface area contributed by atoms with Gasteiger partial charge in [-0.25, -0.2) is 0 Å². The van der Waals surface area contributed by atoms with Crippen molar-refractivity contribution < 1.29 is 14.3 Å². The third kappa shape index (κ3) is 3.27. The summed E-state index contributed by atoms with van der Waals surface area (Å²) in [5.74, 6) is 1.79. The molecule has 180 valence electrons. The van der Waals surface area contributed by atoms with E-state index >= 15 is 0 Å². The molecule has 0 N–H and O–H groups in total. The van der Waals surface area contributed by atoms with Crippen LogP contribution in [0.1, 0.15) is 113 Å². The molecule has 4 rings (SSSR count). The Balaban J connectivity index is 1.68. The highest BCUT2D eigenvalue weighted by Crippen LogP contribution is 2.72. The van der Waals surface area contributed by atoms with Gasteiger partial charge in [-0.2, -0.15) is 0 Å². The zero-order chi connectivity index (χ0) is 23.5. The van der Waals surface area contributed by atoms with Gasteiger partial charge in [-0.15, -0.1) is 0 Å². The van der Waals surface area contributed by atoms with Crippen molar-refractivity contribution in [1.29, 1.82) is 0 Å². The van der Waals surface area contributed by atoms with E-state index in [2.05, 4.69) is 41.5 Å². The number of hydrogen-bond acceptors (Lipinski definition) is 3. The van der Waals surface area contributed by atoms with Crippen LogP contribution in [0.25, 0.3) is 0 Å². The molecule has 0 aromatic rings. The molecule has 3 heteroatoms. The van der Waals surface area contributed by atoms with E-state index in [1.807, 2.05) is 0 Å². The Morgan fingerprint density at radius 2 is 1.75 bits per heavy atom. The maximum Gasteiger partial charge on any atom is 0.302 e. The number of rotatable bonds is 5. The largest absolute Gasteiger partial charge is 0.462 e. The van der Waals surface area contributed by atoms with Crippen LogP contribution in [0.15, 0.2) is 11.1 Å². The molecule has 4 aliphatic carbocycles. The van der Waals surface area contributed by atoms with Gasteiger partial charge in [0.05, 0.1) is 0 Å². The fourth-order valence-corrected chi connectivity index (χ4v) is 9.56. The summed E-state index contributed by atoms with van der Waals surface area (Å²) in [6, 6.07) is 0. The maximum atomic E-state index is 11.8. The molecule has 3 nitrogen and oxygen atoms in total. The Morgan fingerprint density at radius 3 is 2.41 bits per heavy atom. The predicted molar refractivity (Wildman–Crippen MR) is 129 cm³/mol. The summed E-state index contributed by atoms with van der Waals surface area (Å²) in [7, 11) is 0. The van der Waals surface area contributed by atoms with Crippen LogP contribution in [0.5, 0.6) is 0 Å². The second kappa shape index (κ2) is 7.98. The van der Waals surface area contributed by atoms with Gasteiger partial charge < -0.3 is 9.53 Å². The van der Waals surface area contributed by atoms with E-state index in [0.717, 1.165) is 31.5 Å². The lowest BCUT2D eigenvalue weighted by molar-refractivity contribution is -0.167. The number of allylic oxidation sites excluding steroid dienone is 2. The number of aldehydes is 1. The lowest BCUT2D eigenvalue weighted by atomic mass is 9.43. The summed E-state index contributed by atoms with van der Waals surface area (Å²) in [4.78, 5) is 22.8. The average molecular weight is 443 g/mol. The molecule has 4 aliphatic rings. The van der Waals surface area contributed by atoms with Crippen molar-refractivity contribution in [2.45, 2.75) is 119 Å². The van der Waals surface area contributed by atoms with Crippen molar-refractivity contribution in [3.63, 3.8) is 0 Å². The lowest BCUT2D eigenvalue weighted by Gasteiger charge is -2.62. The molecular formula is C29H46O3. The molecule has 0 unspecified atom stereocenters. The van der Waals surface area contributed by atoms with Crippen LogP contribution in [0.3, 0.4) is 0 Å². The van der Waals surface area contributed by atoms with Crippen LogP contribution in [0.2, 0.25) is 0 Å². The van der Waals surface area contributed by atoms with E-state index in [4.69, 9.17) is 4.74 Å². The highest BCUT2D eigenvalue weighted by atomic mass is 16.5. The highest BCUT2D eigenvalue weighted by molar-refractivity contribution is 5.66. The summed E-state index contributed by atoms with van der Waals surface area (Å²) >= 11 is 0. The number of carbonyl (C=O) groups is 2. The molecule has 0 bridgehead atoms. The Labute approximate surface area is 196 Å². The van der Waals surface area contributed by atoms with Crippen LogP contribution in [0.4, 0.5) is 0 Å². The van der Waals surface area contributed by atoms with Crippen LogP contribution in [-0.4, -0.2) is 18.4 Å². The van der Waals surface area contributed by atoms with Gasteiger partial charge in [-0.05, 0) is 91.8 Å². The van der Waals surface area contributed by atoms with E-state index in [-0.39, 0.29) is 22.9 Å². The highest BCUT2D eigenvalue weighted by Gasteiger charge is 2.63. The van der Waals surface area contributed by atoms with Gasteiger partial charge in [0.15, 0.2) is 0 Å². The van der Waals surface area contributed by atoms with Crippen molar-refractivity contribution in [1.82, 2.24) is 0 Å². The van der Waals surface area contributed by atoms with Gasteiger partial charge >= 0.3 is 5.97 Å². The minimum absolute atomic E-state index is 0.0143. The van der Waals surface area contributed by atoms with E-state index in [0.29, 0.717) is 29.1 Å². The number of ether oxygens (including phenoxy) is 1. The molecule has 0 aromatic carbocycles. The molecule has 2 saturated carbocycles. The van der Waals surface area contributed by atoms with Crippen molar-refractivity contribution in [3.8, 4) is 0 Å². The number of esters is 1. The Kier molecular flexibility index (Phi) is 5.99. The topological polar surface area (TPSA) is 43.4 Å². The summed E-state index contributed by atoms with van der Waals surface area (Å²) < 4.78 is 5.83. The number of hydrogen-bond donors (Lipinski definition) is 0. The zero-order valence-corrected chi connectivity index (χ0v) is 21.7. The van der Waals surface area contributed by atoms with Crippen LogP contribution in [-0.2, 0) is 14.3 Å². The third-order valence-corrected chi connectivity index (χ3v) is 11.5. The maximum absolute atomic E-state index is 11.8. The van der Waals surface area contributed by atoms with Gasteiger partial charge in [0, 0.05) is 18.8 Å². The van der Waals surface area contributed by atoms with E-state index < -0.39 is 0 Å². The second-order valence-corrected chi connectivity index (χ2v) is 13.0. The summed E-state index contributed by atoms with van der Waals surface area (Å²) in [5, 5.41) is 0. The molecule has 0 radical (unpaired) electrons. The Bertz CT molecular complexity index is 809. The monoisotopic (exact) mass is 442 g/mol. The van der Waals surface area contributed by atoms with E-state index in [1.165, 1.54) is 38.5 Å². The molecule has 32 heavy (non-hydrogen) atoms. The Morgan fingerprint density at radius 1 is 1.03 bits per heavy atom. The number of carbonyl (C=O) groups excluding carboxylic acids is 2. The summed E-state index contributed by atoms with van der Waals surface area (Å²) in [6.07, 6.45) is 12.6. The first-order valence-electron chi connectivity index (χ1n) is 13.3. The lowest BCUT2D eigenvalue weighted by Crippen LogP contribution is -2.55. The van der Waals surface area contributed by atoms with Gasteiger partial charge in [0.25, 0.3) is 0 Å². The summed E-state index contributed by atoms with van der Waals surface area (Å²) in [6.45, 7) is 16.4. The smallest absolute Gasteiger partial charge is 0.302 e. The minimum atomic E-state index is -0.135. The first kappa shape index (κ1) is 24.0. The van der Waals surface area contributed by atoms with Gasteiger partial charge in [-0.1, -0.05) is 52.7 Å². The van der Waals surface area contributed by atoms with Crippen LogP contribution >= 0.6 is 0 Å². The fourth-order valence-electron chi connectivity index (χ4n) is 9.56. The van der Waals surface area contributed by atoms with Gasteiger partial charge in [-0.3, -0.25) is 4.79 Å². The van der Waals surface area contributed by atoms with Crippen LogP contribution < -0.4 is 0 Å². The first-order chi connectivity index (χ1) is 14.9. The van der Waals surface area contributed by atoms with E-state index in [9.17, 15) is 9.59 Å². The molecule has 0 heterocycles. The third-order valence-electron chi connectivity index (χ3n) is 11.5. The van der Waals surface area contributed by atoms with Crippen molar-refractivity contribution in [2.24, 2.45) is 39.4 Å². The number of fused-ring (bicyclic) bond motifs is 4. The molecule has 2 fully saturated rings. The van der Waals surface area contributed by atoms with Crippen LogP contribution in [0, 0.1) is 39.4 Å². The SMILES string of the molecule is CC(=O)O[C@H]1CC[C@]2(C)C3=C(CC[C@H]2C1(C)C)[C@@]1(C)CC[C@@H]([C@H](C)CCC=O)[C@]1(C)CC3. The molecule has 0 amide bonds. The molecule has 7 atom stereocenters. The molecule has 0 saturated heterocycles. The standard InChI is InChI=1S/C29H46O3/c1-19(9-8-18-30)21-12-16-29(7)23-10-11-24-26(3,4)25(32-20(2)31)14-15-27(24,5)22(23)13-17-28(21,29)6/h18-19,21,24-25H,8-17H2,1-7H3/t19-,21+,24+,25+,27-,28+,29-/m1/s1. The summed E-state index contributed by atoms with van der Waals surface area (Å²) in [5.41, 5.74) is 4.48. The first-order valence-corrected chi connectivity index (χ1v) is 13.3. The molecular weight excluding hydrogens is 396 g/mol. The van der Waals surface area contributed by atoms with Gasteiger partial charge in [0.2, 0.25) is 0 Å². The fraction of sp³-hybridized carbons (Fsp3) is 0.862.